The number of hydrogen-bond donors (Lipinski definition) is 2. The summed E-state index contributed by atoms with van der Waals surface area (Å²) < 4.78 is 5.51. The highest BCUT2D eigenvalue weighted by molar-refractivity contribution is 6.32. The number of hydrogen-bond acceptors (Lipinski definition) is 5. The Morgan fingerprint density at radius 3 is 2.96 bits per heavy atom. The van der Waals surface area contributed by atoms with Crippen molar-refractivity contribution in [1.82, 2.24) is 20.6 Å². The highest BCUT2D eigenvalue weighted by atomic mass is 35.5. The number of pyridine rings is 2. The van der Waals surface area contributed by atoms with Gasteiger partial charge in [-0.3, -0.25) is 4.99 Å². The predicted octanol–water partition coefficient (Wildman–Crippen LogP) is 2.86. The smallest absolute Gasteiger partial charge is 0.213 e. The van der Waals surface area contributed by atoms with E-state index < -0.39 is 0 Å². The molecule has 1 atom stereocenters. The number of halogens is 1. The van der Waals surface area contributed by atoms with E-state index in [0.29, 0.717) is 24.1 Å². The van der Waals surface area contributed by atoms with Crippen LogP contribution in [0.2, 0.25) is 5.02 Å². The van der Waals surface area contributed by atoms with Crippen molar-refractivity contribution >= 4 is 23.4 Å². The molecule has 1 aliphatic rings. The third kappa shape index (κ3) is 5.48. The van der Waals surface area contributed by atoms with Crippen LogP contribution in [0.15, 0.2) is 41.7 Å². The Bertz CT molecular complexity index is 783. The van der Waals surface area contributed by atoms with Gasteiger partial charge in [0.15, 0.2) is 5.96 Å². The molecule has 0 saturated carbocycles. The second-order valence-electron chi connectivity index (χ2n) is 6.66. The second kappa shape index (κ2) is 10.1. The van der Waals surface area contributed by atoms with Crippen LogP contribution >= 0.6 is 11.6 Å². The Kier molecular flexibility index (Phi) is 7.31. The molecule has 0 aromatic carbocycles. The summed E-state index contributed by atoms with van der Waals surface area (Å²) in [7, 11) is 1.78. The van der Waals surface area contributed by atoms with Crippen LogP contribution in [0.5, 0.6) is 5.88 Å². The molecule has 150 valence electrons. The zero-order valence-corrected chi connectivity index (χ0v) is 17.1. The van der Waals surface area contributed by atoms with E-state index in [0.717, 1.165) is 43.3 Å². The molecule has 7 nitrogen and oxygen atoms in total. The maximum atomic E-state index is 6.27. The molecule has 2 aromatic heterocycles. The highest BCUT2D eigenvalue weighted by Gasteiger charge is 2.25. The molecule has 0 bridgehead atoms. The summed E-state index contributed by atoms with van der Waals surface area (Å²) in [5.74, 6) is 2.27. The van der Waals surface area contributed by atoms with Gasteiger partial charge in [0.25, 0.3) is 0 Å². The second-order valence-corrected chi connectivity index (χ2v) is 7.07. The van der Waals surface area contributed by atoms with Gasteiger partial charge >= 0.3 is 0 Å². The number of aromatic nitrogens is 2. The van der Waals surface area contributed by atoms with Gasteiger partial charge in [-0.1, -0.05) is 24.6 Å². The standard InChI is InChI=1S/C20H27ClN6O/c1-3-11-28-18-7-6-15(12-24-18)13-25-20(22-2)26-16-8-10-27(14-16)19-17(21)5-4-9-23-19/h4-7,9,12,16H,3,8,10-11,13-14H2,1-2H3,(H2,22,25,26). The number of nitrogens with zero attached hydrogens (tertiary/aromatic N) is 4. The first-order valence-corrected chi connectivity index (χ1v) is 9.97. The van der Waals surface area contributed by atoms with Gasteiger partial charge in [-0.05, 0) is 30.5 Å². The Labute approximate surface area is 171 Å². The Morgan fingerprint density at radius 1 is 1.36 bits per heavy atom. The van der Waals surface area contributed by atoms with Crippen molar-refractivity contribution in [3.63, 3.8) is 0 Å². The topological polar surface area (TPSA) is 74.7 Å². The lowest BCUT2D eigenvalue weighted by Gasteiger charge is -2.20. The summed E-state index contributed by atoms with van der Waals surface area (Å²) >= 11 is 6.27. The molecule has 3 rings (SSSR count). The van der Waals surface area contributed by atoms with E-state index in [1.807, 2.05) is 30.5 Å². The van der Waals surface area contributed by atoms with Crippen molar-refractivity contribution in [1.29, 1.82) is 0 Å². The lowest BCUT2D eigenvalue weighted by molar-refractivity contribution is 0.305. The highest BCUT2D eigenvalue weighted by Crippen LogP contribution is 2.25. The number of ether oxygens (including phenoxy) is 1. The summed E-state index contributed by atoms with van der Waals surface area (Å²) in [6, 6.07) is 7.91. The quantitative estimate of drug-likeness (QED) is 0.548. The first-order chi connectivity index (χ1) is 13.7. The number of anilines is 1. The first kappa shape index (κ1) is 20.2. The molecule has 0 amide bonds. The van der Waals surface area contributed by atoms with Crippen LogP contribution in [0.4, 0.5) is 5.82 Å². The number of guanidine groups is 1. The van der Waals surface area contributed by atoms with Crippen LogP contribution in [0.1, 0.15) is 25.3 Å². The zero-order chi connectivity index (χ0) is 19.8. The first-order valence-electron chi connectivity index (χ1n) is 9.60. The van der Waals surface area contributed by atoms with Gasteiger partial charge in [-0.2, -0.15) is 0 Å². The molecule has 0 spiro atoms. The van der Waals surface area contributed by atoms with Crippen LogP contribution in [0.3, 0.4) is 0 Å². The van der Waals surface area contributed by atoms with Crippen LogP contribution in [0, 0.1) is 0 Å². The molecule has 28 heavy (non-hydrogen) atoms. The molecule has 0 aliphatic carbocycles. The van der Waals surface area contributed by atoms with Crippen molar-refractivity contribution in [3.8, 4) is 5.88 Å². The van der Waals surface area contributed by atoms with E-state index in [1.54, 1.807) is 13.2 Å². The molecule has 2 N–H and O–H groups in total. The maximum Gasteiger partial charge on any atom is 0.213 e. The Balaban J connectivity index is 1.48. The maximum absolute atomic E-state index is 6.27. The molecule has 8 heteroatoms. The molecule has 1 aliphatic heterocycles. The SMILES string of the molecule is CCCOc1ccc(CNC(=NC)NC2CCN(c3ncccc3Cl)C2)cn1. The fourth-order valence-electron chi connectivity index (χ4n) is 3.06. The van der Waals surface area contributed by atoms with Crippen molar-refractivity contribution in [2.75, 3.05) is 31.6 Å². The van der Waals surface area contributed by atoms with Gasteiger partial charge in [-0.15, -0.1) is 0 Å². The van der Waals surface area contributed by atoms with Gasteiger partial charge in [-0.25, -0.2) is 9.97 Å². The number of nitrogens with one attached hydrogen (secondary N) is 2. The van der Waals surface area contributed by atoms with Crippen LogP contribution in [0.25, 0.3) is 0 Å². The molecule has 1 fully saturated rings. The summed E-state index contributed by atoms with van der Waals surface area (Å²) in [6.07, 6.45) is 5.57. The van der Waals surface area contributed by atoms with Gasteiger partial charge < -0.3 is 20.3 Å². The minimum atomic E-state index is 0.284. The largest absolute Gasteiger partial charge is 0.478 e. The Morgan fingerprint density at radius 2 is 2.25 bits per heavy atom. The molecule has 3 heterocycles. The number of rotatable bonds is 7. The summed E-state index contributed by atoms with van der Waals surface area (Å²) in [6.45, 7) is 5.15. The van der Waals surface area contributed by atoms with E-state index in [2.05, 4.69) is 37.4 Å². The van der Waals surface area contributed by atoms with E-state index in [9.17, 15) is 0 Å². The monoisotopic (exact) mass is 402 g/mol. The summed E-state index contributed by atoms with van der Waals surface area (Å²) in [5.41, 5.74) is 1.07. The third-order valence-electron chi connectivity index (χ3n) is 4.50. The van der Waals surface area contributed by atoms with Gasteiger partial charge in [0.05, 0.1) is 11.6 Å². The van der Waals surface area contributed by atoms with E-state index in [1.165, 1.54) is 0 Å². The van der Waals surface area contributed by atoms with Crippen molar-refractivity contribution in [3.05, 3.63) is 47.2 Å². The molecular formula is C20H27ClN6O. The molecule has 1 saturated heterocycles. The van der Waals surface area contributed by atoms with E-state index in [4.69, 9.17) is 16.3 Å². The predicted molar refractivity (Wildman–Crippen MR) is 113 cm³/mol. The van der Waals surface area contributed by atoms with Gasteiger partial charge in [0, 0.05) is 51.2 Å². The average molecular weight is 403 g/mol. The third-order valence-corrected chi connectivity index (χ3v) is 4.80. The molecule has 2 aromatic rings. The minimum absolute atomic E-state index is 0.284. The molecule has 0 radical (unpaired) electrons. The van der Waals surface area contributed by atoms with Crippen molar-refractivity contribution in [2.24, 2.45) is 4.99 Å². The fourth-order valence-corrected chi connectivity index (χ4v) is 3.30. The average Bonchev–Trinajstić information content (AvgIpc) is 3.19. The summed E-state index contributed by atoms with van der Waals surface area (Å²) in [5, 5.41) is 7.50. The lowest BCUT2D eigenvalue weighted by atomic mass is 10.2. The van der Waals surface area contributed by atoms with Crippen molar-refractivity contribution in [2.45, 2.75) is 32.4 Å². The Hall–Kier alpha value is -2.54. The van der Waals surface area contributed by atoms with Crippen molar-refractivity contribution < 1.29 is 4.74 Å². The van der Waals surface area contributed by atoms with Crippen LogP contribution < -0.4 is 20.3 Å². The number of aliphatic imine (C=N–C) groups is 1. The summed E-state index contributed by atoms with van der Waals surface area (Å²) in [4.78, 5) is 15.3. The fraction of sp³-hybridized carbons (Fsp3) is 0.450. The van der Waals surface area contributed by atoms with Gasteiger partial charge in [0.2, 0.25) is 5.88 Å². The molecular weight excluding hydrogens is 376 g/mol. The van der Waals surface area contributed by atoms with E-state index >= 15 is 0 Å². The van der Waals surface area contributed by atoms with E-state index in [-0.39, 0.29) is 6.04 Å². The van der Waals surface area contributed by atoms with Gasteiger partial charge in [0.1, 0.15) is 5.82 Å². The lowest BCUT2D eigenvalue weighted by Crippen LogP contribution is -2.44. The normalized spacial score (nSPS) is 16.9. The van der Waals surface area contributed by atoms with Crippen LogP contribution in [-0.2, 0) is 6.54 Å². The minimum Gasteiger partial charge on any atom is -0.478 e. The van der Waals surface area contributed by atoms with Crippen LogP contribution in [-0.4, -0.2) is 48.7 Å². The molecule has 1 unspecified atom stereocenters. The zero-order valence-electron chi connectivity index (χ0n) is 16.4.